The molecule has 0 unspecified atom stereocenters. The quantitative estimate of drug-likeness (QED) is 0.0901. The third kappa shape index (κ3) is 9.32. The molecule has 0 spiro atoms. The van der Waals surface area contributed by atoms with Gasteiger partial charge >= 0.3 is 0 Å². The molecule has 0 saturated heterocycles. The molecule has 0 heterocycles. The Morgan fingerprint density at radius 3 is 1.45 bits per heavy atom. The lowest BCUT2D eigenvalue weighted by Crippen LogP contribution is -2.16. The van der Waals surface area contributed by atoms with Gasteiger partial charge < -0.3 is 10.6 Å². The molecule has 0 aliphatic heterocycles. The van der Waals surface area contributed by atoms with Gasteiger partial charge in [-0.3, -0.25) is 9.59 Å². The Labute approximate surface area is 230 Å². The average molecular weight is 517 g/mol. The molecule has 0 atom stereocenters. The fourth-order valence-electron chi connectivity index (χ4n) is 5.09. The van der Waals surface area contributed by atoms with Crippen molar-refractivity contribution in [3.63, 3.8) is 0 Å². The second-order valence-electron chi connectivity index (χ2n) is 10.6. The largest absolute Gasteiger partial charge is 0.317 e. The minimum absolute atomic E-state index is 0.199. The Morgan fingerprint density at radius 2 is 1.00 bits per heavy atom. The number of ketones is 2. The molecular formula is C34H48N2O2. The second-order valence-corrected chi connectivity index (χ2v) is 10.6. The summed E-state index contributed by atoms with van der Waals surface area (Å²) in [6.07, 6.45) is 12.2. The molecule has 0 aliphatic rings. The number of unbranched alkanes of at least 4 members (excludes halogenated alkanes) is 6. The van der Waals surface area contributed by atoms with Gasteiger partial charge in [0.25, 0.3) is 0 Å². The van der Waals surface area contributed by atoms with Crippen LogP contribution in [0.2, 0.25) is 0 Å². The maximum Gasteiger partial charge on any atom is 0.163 e. The van der Waals surface area contributed by atoms with Crippen molar-refractivity contribution in [3.05, 3.63) is 59.7 Å². The molecule has 3 rings (SSSR count). The molecule has 4 heteroatoms. The van der Waals surface area contributed by atoms with Crippen LogP contribution >= 0.6 is 0 Å². The van der Waals surface area contributed by atoms with Crippen molar-refractivity contribution in [1.82, 2.24) is 10.6 Å². The number of rotatable bonds is 20. The molecule has 0 amide bonds. The molecule has 2 N–H and O–H groups in total. The molecule has 0 bridgehead atoms. The SMILES string of the molecule is CCCCNCCCCCC(=O)c1cccc2cc3cccc(C(=O)CCCCCNCCCC)c3cc12. The van der Waals surface area contributed by atoms with Crippen LogP contribution in [-0.2, 0) is 0 Å². The fraction of sp³-hybridized carbons (Fsp3) is 0.529. The van der Waals surface area contributed by atoms with Gasteiger partial charge in [-0.1, -0.05) is 75.9 Å². The number of fused-ring (bicyclic) bond motifs is 2. The van der Waals surface area contributed by atoms with Crippen molar-refractivity contribution in [2.75, 3.05) is 26.2 Å². The maximum absolute atomic E-state index is 13.2. The predicted molar refractivity (Wildman–Crippen MR) is 163 cm³/mol. The number of carbonyl (C=O) groups excluding carboxylic acids is 2. The monoisotopic (exact) mass is 516 g/mol. The van der Waals surface area contributed by atoms with Crippen LogP contribution in [0.4, 0.5) is 0 Å². The summed E-state index contributed by atoms with van der Waals surface area (Å²) >= 11 is 0. The van der Waals surface area contributed by atoms with Gasteiger partial charge in [-0.25, -0.2) is 0 Å². The molecule has 4 nitrogen and oxygen atoms in total. The lowest BCUT2D eigenvalue weighted by Gasteiger charge is -2.11. The van der Waals surface area contributed by atoms with Gasteiger partial charge in [-0.05, 0) is 98.4 Å². The van der Waals surface area contributed by atoms with Crippen LogP contribution in [0.1, 0.15) is 112 Å². The van der Waals surface area contributed by atoms with Crippen molar-refractivity contribution in [3.8, 4) is 0 Å². The van der Waals surface area contributed by atoms with Gasteiger partial charge in [-0.15, -0.1) is 0 Å². The molecule has 0 aromatic heterocycles. The number of nitrogens with one attached hydrogen (secondary N) is 2. The summed E-state index contributed by atoms with van der Waals surface area (Å²) in [5.41, 5.74) is 1.56. The number of hydrogen-bond donors (Lipinski definition) is 2. The summed E-state index contributed by atoms with van der Waals surface area (Å²) in [6.45, 7) is 8.64. The summed E-state index contributed by atoms with van der Waals surface area (Å²) in [5, 5.41) is 11.0. The molecule has 0 saturated carbocycles. The highest BCUT2D eigenvalue weighted by atomic mass is 16.1. The molecular weight excluding hydrogens is 468 g/mol. The fourth-order valence-corrected chi connectivity index (χ4v) is 5.09. The third-order valence-electron chi connectivity index (χ3n) is 7.41. The van der Waals surface area contributed by atoms with E-state index in [0.717, 1.165) is 97.4 Å². The first-order chi connectivity index (χ1) is 18.7. The van der Waals surface area contributed by atoms with Crippen LogP contribution in [-0.4, -0.2) is 37.7 Å². The first-order valence-electron chi connectivity index (χ1n) is 15.1. The normalized spacial score (nSPS) is 11.4. The van der Waals surface area contributed by atoms with Gasteiger partial charge in [0.15, 0.2) is 11.6 Å². The standard InChI is InChI=1S/C34H48N2O2/c1-3-5-21-35-23-11-7-9-19-33(37)29-17-13-15-27-25-28-16-14-18-30(32(28)26-31(27)29)34(38)20-10-8-12-24-36-22-6-4-2/h13-18,25-26,35-36H,3-12,19-24H2,1-2H3. The van der Waals surface area contributed by atoms with Crippen molar-refractivity contribution < 1.29 is 9.59 Å². The van der Waals surface area contributed by atoms with Crippen molar-refractivity contribution in [2.24, 2.45) is 0 Å². The molecule has 3 aromatic rings. The number of benzene rings is 3. The van der Waals surface area contributed by atoms with E-state index in [-0.39, 0.29) is 11.6 Å². The third-order valence-corrected chi connectivity index (χ3v) is 7.41. The van der Waals surface area contributed by atoms with Crippen LogP contribution in [0, 0.1) is 0 Å². The molecule has 38 heavy (non-hydrogen) atoms. The van der Waals surface area contributed by atoms with E-state index in [1.54, 1.807) is 0 Å². The lowest BCUT2D eigenvalue weighted by molar-refractivity contribution is 0.0973. The Morgan fingerprint density at radius 1 is 0.553 bits per heavy atom. The zero-order valence-electron chi connectivity index (χ0n) is 23.7. The van der Waals surface area contributed by atoms with Crippen LogP contribution in [0.3, 0.4) is 0 Å². The second kappa shape index (κ2) is 17.1. The van der Waals surface area contributed by atoms with E-state index in [1.165, 1.54) is 25.7 Å². The van der Waals surface area contributed by atoms with E-state index in [2.05, 4.69) is 48.7 Å². The Hall–Kier alpha value is -2.56. The number of carbonyl (C=O) groups is 2. The van der Waals surface area contributed by atoms with Crippen LogP contribution in [0.25, 0.3) is 21.5 Å². The topological polar surface area (TPSA) is 58.2 Å². The van der Waals surface area contributed by atoms with Crippen LogP contribution in [0.5, 0.6) is 0 Å². The van der Waals surface area contributed by atoms with Crippen molar-refractivity contribution in [2.45, 2.75) is 90.9 Å². The smallest absolute Gasteiger partial charge is 0.163 e. The highest BCUT2D eigenvalue weighted by molar-refractivity contribution is 6.15. The highest BCUT2D eigenvalue weighted by Crippen LogP contribution is 2.29. The summed E-state index contributed by atoms with van der Waals surface area (Å²) in [7, 11) is 0. The van der Waals surface area contributed by atoms with Gasteiger partial charge in [0.2, 0.25) is 0 Å². The van der Waals surface area contributed by atoms with E-state index in [4.69, 9.17) is 0 Å². The zero-order valence-corrected chi connectivity index (χ0v) is 23.7. The maximum atomic E-state index is 13.2. The summed E-state index contributed by atoms with van der Waals surface area (Å²) in [5.74, 6) is 0.399. The number of Topliss-reactive ketones (excluding diaryl/α,β-unsaturated/α-hetero) is 2. The minimum Gasteiger partial charge on any atom is -0.317 e. The molecule has 3 aromatic carbocycles. The van der Waals surface area contributed by atoms with Crippen LogP contribution < -0.4 is 10.6 Å². The predicted octanol–water partition coefficient (Wildman–Crippen LogP) is 8.26. The average Bonchev–Trinajstić information content (AvgIpc) is 2.93. The minimum atomic E-state index is 0.199. The van der Waals surface area contributed by atoms with Crippen molar-refractivity contribution in [1.29, 1.82) is 0 Å². The van der Waals surface area contributed by atoms with E-state index in [9.17, 15) is 9.59 Å². The molecule has 206 valence electrons. The van der Waals surface area contributed by atoms with Gasteiger partial charge in [0.1, 0.15) is 0 Å². The Balaban J connectivity index is 1.62. The first kappa shape index (κ1) is 30.0. The lowest BCUT2D eigenvalue weighted by atomic mass is 9.92. The van der Waals surface area contributed by atoms with Gasteiger partial charge in [-0.2, -0.15) is 0 Å². The van der Waals surface area contributed by atoms with E-state index in [0.29, 0.717) is 12.8 Å². The molecule has 0 radical (unpaired) electrons. The summed E-state index contributed by atoms with van der Waals surface area (Å²) < 4.78 is 0. The zero-order chi connectivity index (χ0) is 27.0. The Bertz CT molecular complexity index is 1070. The van der Waals surface area contributed by atoms with E-state index >= 15 is 0 Å². The Kier molecular flexibility index (Phi) is 13.5. The van der Waals surface area contributed by atoms with Crippen molar-refractivity contribution >= 4 is 33.1 Å². The summed E-state index contributed by atoms with van der Waals surface area (Å²) in [6, 6.07) is 16.2. The highest BCUT2D eigenvalue weighted by Gasteiger charge is 2.14. The van der Waals surface area contributed by atoms with Gasteiger partial charge in [0, 0.05) is 24.0 Å². The van der Waals surface area contributed by atoms with E-state index in [1.807, 2.05) is 24.3 Å². The van der Waals surface area contributed by atoms with Crippen LogP contribution in [0.15, 0.2) is 48.5 Å². The molecule has 0 aliphatic carbocycles. The number of hydrogen-bond acceptors (Lipinski definition) is 4. The molecule has 0 fully saturated rings. The first-order valence-corrected chi connectivity index (χ1v) is 15.1. The van der Waals surface area contributed by atoms with E-state index < -0.39 is 0 Å². The van der Waals surface area contributed by atoms with Gasteiger partial charge in [0.05, 0.1) is 0 Å². The summed E-state index contributed by atoms with van der Waals surface area (Å²) in [4.78, 5) is 26.4.